The van der Waals surface area contributed by atoms with Gasteiger partial charge in [0.1, 0.15) is 5.82 Å². The number of likely N-dealkylation sites (tertiary alicyclic amines) is 1. The van der Waals surface area contributed by atoms with Crippen molar-refractivity contribution in [2.45, 2.75) is 26.2 Å². The summed E-state index contributed by atoms with van der Waals surface area (Å²) in [6.07, 6.45) is 5.31. The van der Waals surface area contributed by atoms with Crippen molar-refractivity contribution in [3.8, 4) is 0 Å². The molecule has 4 heteroatoms. The van der Waals surface area contributed by atoms with Gasteiger partial charge in [0.15, 0.2) is 0 Å². The summed E-state index contributed by atoms with van der Waals surface area (Å²) in [6.45, 7) is 5.42. The van der Waals surface area contributed by atoms with Gasteiger partial charge >= 0.3 is 0 Å². The topological polar surface area (TPSA) is 55.0 Å². The Bertz CT molecular complexity index is 331. The maximum Gasteiger partial charge on any atom is 0.125 e. The standard InChI is InChI=1S/C11H18N4/c1-9-13-8-10(12)11(14-9)4-7-15-5-2-3-6-15/h8H,2-7,12H2,1H3. The van der Waals surface area contributed by atoms with Gasteiger partial charge in [-0.3, -0.25) is 0 Å². The Labute approximate surface area is 90.5 Å². The predicted molar refractivity (Wildman–Crippen MR) is 60.6 cm³/mol. The zero-order valence-electron chi connectivity index (χ0n) is 9.24. The minimum Gasteiger partial charge on any atom is -0.396 e. The molecule has 82 valence electrons. The molecule has 2 heterocycles. The van der Waals surface area contributed by atoms with Crippen LogP contribution in [0.15, 0.2) is 6.20 Å². The van der Waals surface area contributed by atoms with Crippen LogP contribution in [-0.2, 0) is 6.42 Å². The maximum atomic E-state index is 5.83. The highest BCUT2D eigenvalue weighted by molar-refractivity contribution is 5.40. The first-order valence-electron chi connectivity index (χ1n) is 5.56. The van der Waals surface area contributed by atoms with Crippen LogP contribution in [0.4, 0.5) is 5.69 Å². The molecule has 1 saturated heterocycles. The highest BCUT2D eigenvalue weighted by atomic mass is 15.1. The molecule has 0 saturated carbocycles. The monoisotopic (exact) mass is 206 g/mol. The molecule has 1 aromatic rings. The quantitative estimate of drug-likeness (QED) is 0.801. The number of anilines is 1. The number of aryl methyl sites for hydroxylation is 1. The number of aromatic nitrogens is 2. The third kappa shape index (κ3) is 2.65. The lowest BCUT2D eigenvalue weighted by Gasteiger charge is -2.14. The fourth-order valence-corrected chi connectivity index (χ4v) is 2.00. The van der Waals surface area contributed by atoms with E-state index in [1.807, 2.05) is 6.92 Å². The second-order valence-corrected chi connectivity index (χ2v) is 4.12. The Morgan fingerprint density at radius 1 is 1.40 bits per heavy atom. The van der Waals surface area contributed by atoms with Crippen molar-refractivity contribution in [1.82, 2.24) is 14.9 Å². The molecule has 1 aromatic heterocycles. The summed E-state index contributed by atoms with van der Waals surface area (Å²) < 4.78 is 0. The highest BCUT2D eigenvalue weighted by Gasteiger charge is 2.12. The Morgan fingerprint density at radius 3 is 2.87 bits per heavy atom. The van der Waals surface area contributed by atoms with E-state index in [4.69, 9.17) is 5.73 Å². The lowest BCUT2D eigenvalue weighted by molar-refractivity contribution is 0.342. The number of rotatable bonds is 3. The molecular weight excluding hydrogens is 188 g/mol. The molecule has 0 aromatic carbocycles. The molecule has 0 radical (unpaired) electrons. The first kappa shape index (κ1) is 10.4. The third-order valence-corrected chi connectivity index (χ3v) is 2.88. The molecule has 0 bridgehead atoms. The van der Waals surface area contributed by atoms with Gasteiger partial charge < -0.3 is 10.6 Å². The van der Waals surface area contributed by atoms with Gasteiger partial charge in [-0.05, 0) is 32.9 Å². The van der Waals surface area contributed by atoms with Crippen LogP contribution >= 0.6 is 0 Å². The predicted octanol–water partition coefficient (Wildman–Crippen LogP) is 1.01. The molecule has 0 amide bonds. The molecule has 0 unspecified atom stereocenters. The zero-order chi connectivity index (χ0) is 10.7. The maximum absolute atomic E-state index is 5.83. The average molecular weight is 206 g/mol. The Morgan fingerprint density at radius 2 is 2.13 bits per heavy atom. The number of nitrogens with zero attached hydrogens (tertiary/aromatic N) is 3. The van der Waals surface area contributed by atoms with Gasteiger partial charge in [0.05, 0.1) is 17.6 Å². The molecule has 1 fully saturated rings. The number of nitrogens with two attached hydrogens (primary N) is 1. The van der Waals surface area contributed by atoms with Gasteiger partial charge in [0, 0.05) is 13.0 Å². The van der Waals surface area contributed by atoms with Gasteiger partial charge in [0.25, 0.3) is 0 Å². The molecule has 0 spiro atoms. The van der Waals surface area contributed by atoms with Crippen molar-refractivity contribution < 1.29 is 0 Å². The van der Waals surface area contributed by atoms with Gasteiger partial charge in [0.2, 0.25) is 0 Å². The van der Waals surface area contributed by atoms with Crippen molar-refractivity contribution in [3.63, 3.8) is 0 Å². The lowest BCUT2D eigenvalue weighted by atomic mass is 10.2. The highest BCUT2D eigenvalue weighted by Crippen LogP contribution is 2.11. The lowest BCUT2D eigenvalue weighted by Crippen LogP contribution is -2.22. The van der Waals surface area contributed by atoms with Crippen LogP contribution in [0.2, 0.25) is 0 Å². The van der Waals surface area contributed by atoms with Crippen LogP contribution in [-0.4, -0.2) is 34.5 Å². The number of hydrogen-bond acceptors (Lipinski definition) is 4. The second kappa shape index (κ2) is 4.57. The largest absolute Gasteiger partial charge is 0.396 e. The van der Waals surface area contributed by atoms with E-state index in [2.05, 4.69) is 14.9 Å². The summed E-state index contributed by atoms with van der Waals surface area (Å²) in [6, 6.07) is 0. The van der Waals surface area contributed by atoms with Gasteiger partial charge in [-0.25, -0.2) is 9.97 Å². The molecule has 2 rings (SSSR count). The molecule has 15 heavy (non-hydrogen) atoms. The van der Waals surface area contributed by atoms with Crippen molar-refractivity contribution in [1.29, 1.82) is 0 Å². The number of nitrogen functional groups attached to an aromatic ring is 1. The Kier molecular flexibility index (Phi) is 3.16. The summed E-state index contributed by atoms with van der Waals surface area (Å²) in [5.41, 5.74) is 7.55. The third-order valence-electron chi connectivity index (χ3n) is 2.88. The summed E-state index contributed by atoms with van der Waals surface area (Å²) >= 11 is 0. The molecule has 1 aliphatic rings. The summed E-state index contributed by atoms with van der Waals surface area (Å²) in [7, 11) is 0. The molecular formula is C11H18N4. The molecule has 4 nitrogen and oxygen atoms in total. The van der Waals surface area contributed by atoms with Gasteiger partial charge in [-0.1, -0.05) is 0 Å². The zero-order valence-corrected chi connectivity index (χ0v) is 9.24. The minimum atomic E-state index is 0.722. The normalized spacial score (nSPS) is 17.1. The summed E-state index contributed by atoms with van der Waals surface area (Å²) in [5, 5.41) is 0. The fourth-order valence-electron chi connectivity index (χ4n) is 2.00. The van der Waals surface area contributed by atoms with E-state index < -0.39 is 0 Å². The summed E-state index contributed by atoms with van der Waals surface area (Å²) in [4.78, 5) is 10.9. The minimum absolute atomic E-state index is 0.722. The van der Waals surface area contributed by atoms with Crippen LogP contribution in [0.25, 0.3) is 0 Å². The molecule has 2 N–H and O–H groups in total. The Balaban J connectivity index is 1.94. The first-order valence-corrected chi connectivity index (χ1v) is 5.56. The van der Waals surface area contributed by atoms with Crippen LogP contribution in [0.3, 0.4) is 0 Å². The van der Waals surface area contributed by atoms with Gasteiger partial charge in [-0.2, -0.15) is 0 Å². The average Bonchev–Trinajstić information content (AvgIpc) is 2.72. The van der Waals surface area contributed by atoms with E-state index >= 15 is 0 Å². The van der Waals surface area contributed by atoms with Crippen molar-refractivity contribution in [3.05, 3.63) is 17.7 Å². The van der Waals surface area contributed by atoms with E-state index in [0.717, 1.165) is 30.2 Å². The van der Waals surface area contributed by atoms with E-state index in [0.29, 0.717) is 0 Å². The van der Waals surface area contributed by atoms with Crippen LogP contribution in [0.1, 0.15) is 24.4 Å². The van der Waals surface area contributed by atoms with Crippen LogP contribution in [0, 0.1) is 6.92 Å². The molecule has 0 atom stereocenters. The SMILES string of the molecule is Cc1ncc(N)c(CCN2CCCC2)n1. The smallest absolute Gasteiger partial charge is 0.125 e. The fraction of sp³-hybridized carbons (Fsp3) is 0.636. The van der Waals surface area contributed by atoms with Crippen molar-refractivity contribution in [2.75, 3.05) is 25.4 Å². The van der Waals surface area contributed by atoms with Crippen molar-refractivity contribution in [2.24, 2.45) is 0 Å². The van der Waals surface area contributed by atoms with Gasteiger partial charge in [-0.15, -0.1) is 0 Å². The number of hydrogen-bond donors (Lipinski definition) is 1. The van der Waals surface area contributed by atoms with E-state index in [1.165, 1.54) is 25.9 Å². The Hall–Kier alpha value is -1.16. The van der Waals surface area contributed by atoms with Crippen LogP contribution < -0.4 is 5.73 Å². The first-order chi connectivity index (χ1) is 7.25. The van der Waals surface area contributed by atoms with Crippen LogP contribution in [0.5, 0.6) is 0 Å². The molecule has 1 aliphatic heterocycles. The van der Waals surface area contributed by atoms with E-state index in [-0.39, 0.29) is 0 Å². The second-order valence-electron chi connectivity index (χ2n) is 4.12. The van der Waals surface area contributed by atoms with E-state index in [9.17, 15) is 0 Å². The summed E-state index contributed by atoms with van der Waals surface area (Å²) in [5.74, 6) is 0.806. The van der Waals surface area contributed by atoms with E-state index in [1.54, 1.807) is 6.20 Å². The van der Waals surface area contributed by atoms with Crippen molar-refractivity contribution >= 4 is 5.69 Å². The molecule has 0 aliphatic carbocycles.